The molecule has 0 saturated heterocycles. The third-order valence-corrected chi connectivity index (χ3v) is 2.46. The Balaban J connectivity index is 0.00000361. The Labute approximate surface area is 130 Å². The maximum absolute atomic E-state index is 11.3. The van der Waals surface area contributed by atoms with Gasteiger partial charge in [0.25, 0.3) is 0 Å². The Bertz CT molecular complexity index is 414. The van der Waals surface area contributed by atoms with Crippen LogP contribution in [-0.4, -0.2) is 36.2 Å². The minimum Gasteiger partial charge on any atom is -0.445 e. The zero-order valence-corrected chi connectivity index (χ0v) is 14.2. The number of carbonyl (C=O) groups is 2. The van der Waals surface area contributed by atoms with Gasteiger partial charge in [-0.2, -0.15) is 0 Å². The SMILES string of the molecule is NC(CO)C(=O)CCNC(=O)OCc1ccccc1.[Zn]. The van der Waals surface area contributed by atoms with Crippen LogP contribution in [0.2, 0.25) is 0 Å². The molecule has 1 aromatic rings. The van der Waals surface area contributed by atoms with E-state index in [1.807, 2.05) is 30.3 Å². The minimum atomic E-state index is -0.887. The van der Waals surface area contributed by atoms with Crippen molar-refractivity contribution in [1.82, 2.24) is 5.32 Å². The van der Waals surface area contributed by atoms with Gasteiger partial charge in [-0.3, -0.25) is 4.79 Å². The van der Waals surface area contributed by atoms with Gasteiger partial charge in [0.2, 0.25) is 0 Å². The van der Waals surface area contributed by atoms with E-state index in [9.17, 15) is 9.59 Å². The van der Waals surface area contributed by atoms with E-state index < -0.39 is 18.7 Å². The van der Waals surface area contributed by atoms with Crippen molar-refractivity contribution in [1.29, 1.82) is 0 Å². The topological polar surface area (TPSA) is 102 Å². The zero-order chi connectivity index (χ0) is 14.1. The van der Waals surface area contributed by atoms with Crippen molar-refractivity contribution in [3.63, 3.8) is 0 Å². The van der Waals surface area contributed by atoms with Gasteiger partial charge in [0.15, 0.2) is 5.78 Å². The summed E-state index contributed by atoms with van der Waals surface area (Å²) in [6, 6.07) is 8.38. The monoisotopic (exact) mass is 330 g/mol. The summed E-state index contributed by atoms with van der Waals surface area (Å²) >= 11 is 0. The Morgan fingerprint density at radius 1 is 1.30 bits per heavy atom. The molecule has 0 spiro atoms. The number of hydrogen-bond donors (Lipinski definition) is 3. The Morgan fingerprint density at radius 2 is 1.95 bits per heavy atom. The van der Waals surface area contributed by atoms with E-state index in [1.54, 1.807) is 0 Å². The molecule has 1 rings (SSSR count). The van der Waals surface area contributed by atoms with Crippen LogP contribution in [0.1, 0.15) is 12.0 Å². The molecule has 0 aliphatic carbocycles. The summed E-state index contributed by atoms with van der Waals surface area (Å²) in [4.78, 5) is 22.6. The molecule has 1 amide bonds. The number of alkyl carbamates (subject to hydrolysis) is 1. The second-order valence-electron chi connectivity index (χ2n) is 3.99. The van der Waals surface area contributed by atoms with Crippen LogP contribution in [0.4, 0.5) is 4.79 Å². The number of benzene rings is 1. The first-order valence-electron chi connectivity index (χ1n) is 5.97. The van der Waals surface area contributed by atoms with Crippen LogP contribution in [0.25, 0.3) is 0 Å². The van der Waals surface area contributed by atoms with Gasteiger partial charge in [-0.15, -0.1) is 0 Å². The molecule has 0 saturated carbocycles. The number of ketones is 1. The molecule has 7 heteroatoms. The molecule has 0 bridgehead atoms. The van der Waals surface area contributed by atoms with E-state index in [1.165, 1.54) is 0 Å². The molecule has 0 aliphatic rings. The third kappa shape index (κ3) is 7.33. The largest absolute Gasteiger partial charge is 0.445 e. The van der Waals surface area contributed by atoms with Crippen molar-refractivity contribution >= 4 is 11.9 Å². The smallest absolute Gasteiger partial charge is 0.407 e. The molecule has 0 radical (unpaired) electrons. The summed E-state index contributed by atoms with van der Waals surface area (Å²) in [6.07, 6.45) is -0.517. The number of carbonyl (C=O) groups excluding carboxylic acids is 2. The first-order valence-corrected chi connectivity index (χ1v) is 5.97. The van der Waals surface area contributed by atoms with Gasteiger partial charge in [-0.25, -0.2) is 4.79 Å². The molecule has 0 aromatic heterocycles. The summed E-state index contributed by atoms with van der Waals surface area (Å²) in [5, 5.41) is 11.1. The molecule has 1 unspecified atom stereocenters. The van der Waals surface area contributed by atoms with Crippen LogP contribution in [0, 0.1) is 0 Å². The van der Waals surface area contributed by atoms with Crippen LogP contribution in [0.15, 0.2) is 30.3 Å². The first kappa shape index (κ1) is 18.7. The molecule has 0 aliphatic heterocycles. The number of Topliss-reactive ketones (excluding diaryl/α,β-unsaturated/α-hetero) is 1. The van der Waals surface area contributed by atoms with Gasteiger partial charge < -0.3 is 20.9 Å². The van der Waals surface area contributed by atoms with Gasteiger partial charge in [0.1, 0.15) is 6.61 Å². The average molecular weight is 332 g/mol. The predicted octanol–water partition coefficient (Wildman–Crippen LogP) is 0.189. The van der Waals surface area contributed by atoms with Crippen LogP contribution < -0.4 is 11.1 Å². The van der Waals surface area contributed by atoms with Gasteiger partial charge in [0.05, 0.1) is 12.6 Å². The summed E-state index contributed by atoms with van der Waals surface area (Å²) < 4.78 is 4.95. The Morgan fingerprint density at radius 3 is 2.55 bits per heavy atom. The fraction of sp³-hybridized carbons (Fsp3) is 0.385. The fourth-order valence-electron chi connectivity index (χ4n) is 1.35. The van der Waals surface area contributed by atoms with Crippen molar-refractivity contribution in [2.24, 2.45) is 5.73 Å². The summed E-state index contributed by atoms with van der Waals surface area (Å²) in [5.74, 6) is -0.300. The van der Waals surface area contributed by atoms with Crippen molar-refractivity contribution in [3.05, 3.63) is 35.9 Å². The minimum absolute atomic E-state index is 0. The van der Waals surface area contributed by atoms with Crippen molar-refractivity contribution in [2.45, 2.75) is 19.1 Å². The molecule has 1 atom stereocenters. The number of aliphatic hydroxyl groups is 1. The number of nitrogens with two attached hydrogens (primary N) is 1. The second kappa shape index (κ2) is 10.5. The van der Waals surface area contributed by atoms with E-state index in [4.69, 9.17) is 15.6 Å². The van der Waals surface area contributed by atoms with Gasteiger partial charge >= 0.3 is 6.09 Å². The Kier molecular flexibility index (Phi) is 9.81. The van der Waals surface area contributed by atoms with Crippen LogP contribution in [0.3, 0.4) is 0 Å². The molecule has 6 nitrogen and oxygen atoms in total. The number of ether oxygens (including phenoxy) is 1. The predicted molar refractivity (Wildman–Crippen MR) is 69.3 cm³/mol. The number of rotatable bonds is 7. The van der Waals surface area contributed by atoms with Gasteiger partial charge in [-0.05, 0) is 5.56 Å². The molecular formula is C13H18N2O4Zn. The quantitative estimate of drug-likeness (QED) is 0.619. The molecule has 106 valence electrons. The zero-order valence-electron chi connectivity index (χ0n) is 11.2. The summed E-state index contributed by atoms with van der Waals surface area (Å²) in [6.45, 7) is -0.0752. The van der Waals surface area contributed by atoms with Gasteiger partial charge in [-0.1, -0.05) is 30.3 Å². The Hall–Kier alpha value is -1.30. The molecular weight excluding hydrogens is 314 g/mol. The number of amides is 1. The van der Waals surface area contributed by atoms with E-state index in [0.29, 0.717) is 0 Å². The molecule has 4 N–H and O–H groups in total. The summed E-state index contributed by atoms with van der Waals surface area (Å²) in [5.41, 5.74) is 6.21. The van der Waals surface area contributed by atoms with Crippen molar-refractivity contribution < 1.29 is 38.9 Å². The van der Waals surface area contributed by atoms with E-state index in [-0.39, 0.29) is 44.8 Å². The van der Waals surface area contributed by atoms with Gasteiger partial charge in [0, 0.05) is 32.4 Å². The first-order chi connectivity index (χ1) is 9.13. The van der Waals surface area contributed by atoms with Crippen LogP contribution >= 0.6 is 0 Å². The van der Waals surface area contributed by atoms with E-state index in [0.717, 1.165) is 5.56 Å². The molecule has 0 fully saturated rings. The normalized spacial score (nSPS) is 11.1. The van der Waals surface area contributed by atoms with E-state index >= 15 is 0 Å². The molecule has 0 heterocycles. The van der Waals surface area contributed by atoms with Crippen molar-refractivity contribution in [2.75, 3.05) is 13.2 Å². The number of nitrogens with one attached hydrogen (secondary N) is 1. The maximum atomic E-state index is 11.3. The van der Waals surface area contributed by atoms with E-state index in [2.05, 4.69) is 5.32 Å². The second-order valence-corrected chi connectivity index (χ2v) is 3.99. The number of hydrogen-bond acceptors (Lipinski definition) is 5. The maximum Gasteiger partial charge on any atom is 0.407 e. The third-order valence-electron chi connectivity index (χ3n) is 2.46. The van der Waals surface area contributed by atoms with Crippen LogP contribution in [0.5, 0.6) is 0 Å². The van der Waals surface area contributed by atoms with Crippen LogP contribution in [-0.2, 0) is 35.6 Å². The van der Waals surface area contributed by atoms with Crippen molar-refractivity contribution in [3.8, 4) is 0 Å². The average Bonchev–Trinajstić information content (AvgIpc) is 2.45. The summed E-state index contributed by atoms with van der Waals surface area (Å²) in [7, 11) is 0. The number of aliphatic hydroxyl groups excluding tert-OH is 1. The standard InChI is InChI=1S/C13H18N2O4.Zn/c14-11(8-16)12(17)6-7-15-13(18)19-9-10-4-2-1-3-5-10;/h1-5,11,16H,6-9,14H2,(H,15,18);. The fourth-order valence-corrected chi connectivity index (χ4v) is 1.35. The molecule has 20 heavy (non-hydrogen) atoms. The molecule has 1 aromatic carbocycles.